The van der Waals surface area contributed by atoms with Gasteiger partial charge in [0, 0.05) is 43.9 Å². The van der Waals surface area contributed by atoms with Gasteiger partial charge in [-0.2, -0.15) is 0 Å². The lowest BCUT2D eigenvalue weighted by Gasteiger charge is -2.45. The fourth-order valence-electron chi connectivity index (χ4n) is 7.85. The molecule has 3 aliphatic rings. The number of hydrogen-bond acceptors (Lipinski definition) is 16. The average molecular weight is 909 g/mol. The molecule has 3 aliphatic heterocycles. The quantitative estimate of drug-likeness (QED) is 0.180. The molecule has 0 saturated carbocycles. The minimum atomic E-state index is -2.30. The molecule has 0 unspecified atom stereocenters. The van der Waals surface area contributed by atoms with Crippen molar-refractivity contribution in [3.63, 3.8) is 0 Å². The molecular weight excluding hydrogens is 837 g/mol. The highest BCUT2D eigenvalue weighted by molar-refractivity contribution is 5.71. The second-order valence-electron chi connectivity index (χ2n) is 17.4. The molecule has 17 nitrogen and oxygen atoms in total. The van der Waals surface area contributed by atoms with Gasteiger partial charge in [0.2, 0.25) is 0 Å². The van der Waals surface area contributed by atoms with Crippen LogP contribution in [-0.2, 0) is 28.5 Å². The SMILES string of the molecule is C[C@@H]1[C@H](O)[C@@H](C)/C=C/C=C/C=C/C=C/C=C/C=C/C=C/[C@H](O[C@@H]2O[C@H](C)[C@@H](O)C[C@@H]2O)C[C@@H]2O[C@](O)(C[C@@H](O)C[C@@H](O)[C@H](O)CC[C@@H](O)C[C@@H](O)CC(=O)O[C@H]1C)C[C@H](O)[C@H]2C(=O)O. The Morgan fingerprint density at radius 3 is 1.80 bits per heavy atom. The normalized spacial score (nSPS) is 44.8. The van der Waals surface area contributed by atoms with E-state index >= 15 is 0 Å². The van der Waals surface area contributed by atoms with E-state index < -0.39 is 141 Å². The lowest BCUT2D eigenvalue weighted by atomic mass is 9.82. The van der Waals surface area contributed by atoms with Gasteiger partial charge in [-0.25, -0.2) is 0 Å². The standard InChI is InChI=1S/C47H72O17/c1-28-17-15-13-11-9-7-5-6-8-10-12-14-16-18-35(63-46-39(54)25-37(52)31(4)62-46)24-41-43(45(58)59)40(55)27-47(60,64-41)26-34(50)22-38(53)36(51)20-19-32(48)21-33(49)23-42(56)61-30(3)29(2)44(28)57/h5-18,28-41,43-44,46,48-55,57,60H,19-27H2,1-4H3,(H,58,59)/b6-5+,9-7+,10-8+,13-11+,14-12+,17-15+,18-16+/t28-,29-,30-,31+,32+,33+,34-,35-,36+,37-,38+,39-,40-,41-,43+,44+,46-,47+/m0/s1. The number of carbonyl (C=O) groups excluding carboxylic acids is 1. The zero-order chi connectivity index (χ0) is 47.6. The van der Waals surface area contributed by atoms with Crippen LogP contribution >= 0.6 is 0 Å². The topological polar surface area (TPSA) is 294 Å². The average Bonchev–Trinajstić information content (AvgIpc) is 3.19. The third-order valence-corrected chi connectivity index (χ3v) is 11.8. The zero-order valence-electron chi connectivity index (χ0n) is 37.1. The van der Waals surface area contributed by atoms with Gasteiger partial charge in [0.15, 0.2) is 12.1 Å². The summed E-state index contributed by atoms with van der Waals surface area (Å²) < 4.78 is 23.2. The third-order valence-electron chi connectivity index (χ3n) is 11.8. The Balaban J connectivity index is 1.84. The number of allylic oxidation sites excluding steroid dienone is 12. The van der Waals surface area contributed by atoms with E-state index in [-0.39, 0.29) is 38.0 Å². The van der Waals surface area contributed by atoms with Gasteiger partial charge < -0.3 is 75.1 Å². The minimum Gasteiger partial charge on any atom is -0.481 e. The molecule has 2 bridgehead atoms. The molecular formula is C47H72O17. The van der Waals surface area contributed by atoms with E-state index in [4.69, 9.17) is 18.9 Å². The van der Waals surface area contributed by atoms with E-state index in [1.54, 1.807) is 75.5 Å². The molecule has 2 saturated heterocycles. The highest BCUT2D eigenvalue weighted by Crippen LogP contribution is 2.38. The fourth-order valence-corrected chi connectivity index (χ4v) is 7.85. The molecule has 18 atom stereocenters. The summed E-state index contributed by atoms with van der Waals surface area (Å²) in [5.74, 6) is -6.74. The third kappa shape index (κ3) is 18.8. The van der Waals surface area contributed by atoms with Gasteiger partial charge in [-0.15, -0.1) is 0 Å². The van der Waals surface area contributed by atoms with Gasteiger partial charge in [-0.3, -0.25) is 9.59 Å². The Kier molecular flexibility index (Phi) is 23.4. The van der Waals surface area contributed by atoms with Crippen LogP contribution in [0.15, 0.2) is 85.1 Å². The Bertz CT molecular complexity index is 1630. The zero-order valence-corrected chi connectivity index (χ0v) is 37.1. The van der Waals surface area contributed by atoms with Gasteiger partial charge in [-0.05, 0) is 33.1 Å². The molecule has 3 rings (SSSR count). The summed E-state index contributed by atoms with van der Waals surface area (Å²) in [5.41, 5.74) is 0. The summed E-state index contributed by atoms with van der Waals surface area (Å²) in [6.45, 7) is 6.82. The summed E-state index contributed by atoms with van der Waals surface area (Å²) in [7, 11) is 0. The summed E-state index contributed by atoms with van der Waals surface area (Å²) in [6.07, 6.45) is 4.72. The number of carboxylic acid groups (broad SMARTS) is 1. The molecule has 2 fully saturated rings. The number of cyclic esters (lactones) is 1. The van der Waals surface area contributed by atoms with Crippen molar-refractivity contribution < 1.29 is 84.7 Å². The van der Waals surface area contributed by atoms with Crippen LogP contribution in [0.5, 0.6) is 0 Å². The maximum atomic E-state index is 12.6. The number of esters is 1. The molecule has 0 spiro atoms. The predicted molar refractivity (Wildman–Crippen MR) is 234 cm³/mol. The van der Waals surface area contributed by atoms with Gasteiger partial charge in [0.25, 0.3) is 0 Å². The highest BCUT2D eigenvalue weighted by atomic mass is 16.7. The number of carbonyl (C=O) groups is 2. The Morgan fingerprint density at radius 2 is 1.20 bits per heavy atom. The molecule has 362 valence electrons. The van der Waals surface area contributed by atoms with Gasteiger partial charge in [-0.1, -0.05) is 98.9 Å². The number of aliphatic hydroxyl groups is 10. The Hall–Kier alpha value is -3.40. The van der Waals surface area contributed by atoms with Crippen molar-refractivity contribution in [2.45, 2.75) is 177 Å². The number of carboxylic acids is 1. The predicted octanol–water partition coefficient (Wildman–Crippen LogP) is 1.77. The summed E-state index contributed by atoms with van der Waals surface area (Å²) in [5, 5.41) is 118. The first kappa shape index (κ1) is 54.9. The van der Waals surface area contributed by atoms with Crippen LogP contribution in [0, 0.1) is 17.8 Å². The molecule has 11 N–H and O–H groups in total. The maximum absolute atomic E-state index is 12.6. The molecule has 0 aromatic carbocycles. The van der Waals surface area contributed by atoms with Crippen LogP contribution in [0.2, 0.25) is 0 Å². The smallest absolute Gasteiger partial charge is 0.311 e. The van der Waals surface area contributed by atoms with Crippen LogP contribution in [0.3, 0.4) is 0 Å². The first-order valence-corrected chi connectivity index (χ1v) is 22.1. The monoisotopic (exact) mass is 908 g/mol. The highest BCUT2D eigenvalue weighted by Gasteiger charge is 2.50. The minimum absolute atomic E-state index is 0.0532. The number of aliphatic hydroxyl groups excluding tert-OH is 9. The fraction of sp³-hybridized carbons (Fsp3) is 0.660. The first-order valence-electron chi connectivity index (χ1n) is 22.1. The van der Waals surface area contributed by atoms with Gasteiger partial charge >= 0.3 is 11.9 Å². The second-order valence-corrected chi connectivity index (χ2v) is 17.4. The van der Waals surface area contributed by atoms with Gasteiger partial charge in [0.1, 0.15) is 18.1 Å². The van der Waals surface area contributed by atoms with Crippen LogP contribution < -0.4 is 0 Å². The number of aliphatic carboxylic acids is 1. The van der Waals surface area contributed by atoms with E-state index in [1.165, 1.54) is 0 Å². The largest absolute Gasteiger partial charge is 0.481 e. The number of hydrogen-bond donors (Lipinski definition) is 11. The number of fused-ring (bicyclic) bond motifs is 2. The first-order chi connectivity index (χ1) is 30.2. The molecule has 64 heavy (non-hydrogen) atoms. The van der Waals surface area contributed by atoms with E-state index in [0.29, 0.717) is 0 Å². The second kappa shape index (κ2) is 27.3. The van der Waals surface area contributed by atoms with Crippen LogP contribution in [-0.4, -0.2) is 160 Å². The van der Waals surface area contributed by atoms with Crippen molar-refractivity contribution >= 4 is 11.9 Å². The molecule has 0 aliphatic carbocycles. The lowest BCUT2D eigenvalue weighted by Crippen LogP contribution is -2.56. The van der Waals surface area contributed by atoms with E-state index in [2.05, 4.69) is 0 Å². The van der Waals surface area contributed by atoms with Crippen molar-refractivity contribution in [1.29, 1.82) is 0 Å². The summed E-state index contributed by atoms with van der Waals surface area (Å²) in [6, 6.07) is 0. The number of rotatable bonds is 3. The molecule has 0 amide bonds. The van der Waals surface area contributed by atoms with E-state index in [1.807, 2.05) is 37.3 Å². The summed E-state index contributed by atoms with van der Waals surface area (Å²) >= 11 is 0. The van der Waals surface area contributed by atoms with Crippen molar-refractivity contribution in [3.8, 4) is 0 Å². The molecule has 0 aromatic heterocycles. The Morgan fingerprint density at radius 1 is 0.625 bits per heavy atom. The molecule has 3 heterocycles. The summed E-state index contributed by atoms with van der Waals surface area (Å²) in [4.78, 5) is 25.0. The van der Waals surface area contributed by atoms with Crippen molar-refractivity contribution in [1.82, 2.24) is 0 Å². The van der Waals surface area contributed by atoms with Crippen LogP contribution in [0.4, 0.5) is 0 Å². The number of ether oxygens (including phenoxy) is 4. The van der Waals surface area contributed by atoms with Gasteiger partial charge in [0.05, 0.1) is 73.6 Å². The molecule has 0 radical (unpaired) electrons. The lowest BCUT2D eigenvalue weighted by molar-refractivity contribution is -0.307. The molecule has 0 aromatic rings. The molecule has 17 heteroatoms. The van der Waals surface area contributed by atoms with E-state index in [9.17, 15) is 65.8 Å². The van der Waals surface area contributed by atoms with Crippen LogP contribution in [0.25, 0.3) is 0 Å². The van der Waals surface area contributed by atoms with Crippen LogP contribution in [0.1, 0.15) is 85.5 Å². The van der Waals surface area contributed by atoms with E-state index in [0.717, 1.165) is 0 Å². The van der Waals surface area contributed by atoms with Crippen molar-refractivity contribution in [2.75, 3.05) is 0 Å². The Labute approximate surface area is 375 Å². The van der Waals surface area contributed by atoms with Crippen molar-refractivity contribution in [2.24, 2.45) is 17.8 Å². The van der Waals surface area contributed by atoms with Crippen molar-refractivity contribution in [3.05, 3.63) is 85.1 Å². The maximum Gasteiger partial charge on any atom is 0.311 e.